The van der Waals surface area contributed by atoms with E-state index in [1.165, 1.54) is 29.7 Å². The zero-order chi connectivity index (χ0) is 13.1. The van der Waals surface area contributed by atoms with Crippen molar-refractivity contribution in [3.63, 3.8) is 0 Å². The van der Waals surface area contributed by atoms with Crippen molar-refractivity contribution < 1.29 is 9.59 Å². The van der Waals surface area contributed by atoms with Gasteiger partial charge >= 0.3 is 0 Å². The number of pyridine rings is 1. The van der Waals surface area contributed by atoms with Crippen LogP contribution in [0.3, 0.4) is 0 Å². The number of primary amides is 1. The summed E-state index contributed by atoms with van der Waals surface area (Å²) in [6.45, 7) is 0. The van der Waals surface area contributed by atoms with Gasteiger partial charge in [-0.2, -0.15) is 0 Å². The summed E-state index contributed by atoms with van der Waals surface area (Å²) in [7, 11) is 0. The molecule has 2 aromatic heterocycles. The first-order chi connectivity index (χ1) is 8.58. The van der Waals surface area contributed by atoms with Crippen LogP contribution in [0.25, 0.3) is 0 Å². The monoisotopic (exact) mass is 262 g/mol. The highest BCUT2D eigenvalue weighted by molar-refractivity contribution is 7.14. The molecule has 0 atom stereocenters. The fraction of sp³-hybridized carbons (Fsp3) is 0. The predicted molar refractivity (Wildman–Crippen MR) is 69.4 cm³/mol. The summed E-state index contributed by atoms with van der Waals surface area (Å²) in [6, 6.07) is 4.54. The minimum Gasteiger partial charge on any atom is -0.384 e. The number of anilines is 2. The van der Waals surface area contributed by atoms with Crippen molar-refractivity contribution in [1.82, 2.24) is 4.98 Å². The van der Waals surface area contributed by atoms with E-state index in [0.717, 1.165) is 0 Å². The summed E-state index contributed by atoms with van der Waals surface area (Å²) in [5.41, 5.74) is 11.3. The number of nitrogen functional groups attached to an aromatic ring is 1. The van der Waals surface area contributed by atoms with Crippen LogP contribution in [-0.4, -0.2) is 16.8 Å². The lowest BCUT2D eigenvalue weighted by Crippen LogP contribution is -2.16. The Morgan fingerprint density at radius 2 is 2.11 bits per heavy atom. The molecule has 0 aliphatic heterocycles. The minimum absolute atomic E-state index is 0.254. The molecule has 0 spiro atoms. The topological polar surface area (TPSA) is 111 Å². The Hall–Kier alpha value is -2.41. The molecule has 2 amide bonds. The number of nitrogens with zero attached hydrogens (tertiary/aromatic N) is 1. The van der Waals surface area contributed by atoms with E-state index < -0.39 is 5.91 Å². The van der Waals surface area contributed by atoms with Crippen LogP contribution in [0.1, 0.15) is 20.7 Å². The Bertz CT molecular complexity index is 609. The summed E-state index contributed by atoms with van der Waals surface area (Å²) in [4.78, 5) is 26.8. The van der Waals surface area contributed by atoms with Crippen LogP contribution in [0.4, 0.5) is 10.8 Å². The Morgan fingerprint density at radius 1 is 1.33 bits per heavy atom. The van der Waals surface area contributed by atoms with Gasteiger partial charge in [0, 0.05) is 11.8 Å². The molecule has 7 heteroatoms. The third-order valence-electron chi connectivity index (χ3n) is 2.20. The van der Waals surface area contributed by atoms with Crippen molar-refractivity contribution in [2.75, 3.05) is 11.1 Å². The zero-order valence-corrected chi connectivity index (χ0v) is 10.0. The number of thiophene rings is 1. The van der Waals surface area contributed by atoms with E-state index in [-0.39, 0.29) is 17.3 Å². The Balaban J connectivity index is 2.21. The third kappa shape index (κ3) is 2.46. The number of nitrogens with two attached hydrogens (primary N) is 2. The van der Waals surface area contributed by atoms with Gasteiger partial charge in [0.2, 0.25) is 0 Å². The summed E-state index contributed by atoms with van der Waals surface area (Å²) < 4.78 is 0. The number of carbonyl (C=O) groups is 2. The lowest BCUT2D eigenvalue weighted by molar-refractivity contribution is 0.100. The third-order valence-corrected chi connectivity index (χ3v) is 3.03. The summed E-state index contributed by atoms with van der Waals surface area (Å²) in [6.07, 6.45) is 1.44. The van der Waals surface area contributed by atoms with Gasteiger partial charge in [-0.25, -0.2) is 4.98 Å². The number of nitrogens with one attached hydrogen (secondary N) is 1. The van der Waals surface area contributed by atoms with Gasteiger partial charge in [-0.3, -0.25) is 9.59 Å². The molecule has 0 unspecified atom stereocenters. The highest BCUT2D eigenvalue weighted by Crippen LogP contribution is 2.23. The minimum atomic E-state index is -0.583. The molecule has 0 aliphatic rings. The van der Waals surface area contributed by atoms with E-state index in [9.17, 15) is 9.59 Å². The van der Waals surface area contributed by atoms with Crippen LogP contribution in [-0.2, 0) is 0 Å². The van der Waals surface area contributed by atoms with Gasteiger partial charge < -0.3 is 16.8 Å². The Morgan fingerprint density at radius 3 is 2.78 bits per heavy atom. The lowest BCUT2D eigenvalue weighted by Gasteiger charge is -2.04. The molecule has 0 radical (unpaired) electrons. The maximum absolute atomic E-state index is 11.9. The highest BCUT2D eigenvalue weighted by Gasteiger charge is 2.13. The predicted octanol–water partition coefficient (Wildman–Crippen LogP) is 1.08. The van der Waals surface area contributed by atoms with Crippen LogP contribution in [0.2, 0.25) is 0 Å². The van der Waals surface area contributed by atoms with Crippen molar-refractivity contribution in [2.24, 2.45) is 5.73 Å². The number of carbonyl (C=O) groups excluding carboxylic acids is 2. The molecule has 0 bridgehead atoms. The van der Waals surface area contributed by atoms with Crippen LogP contribution in [0, 0.1) is 0 Å². The van der Waals surface area contributed by atoms with Gasteiger partial charge in [-0.05, 0) is 23.6 Å². The lowest BCUT2D eigenvalue weighted by atomic mass is 10.2. The smallest absolute Gasteiger partial charge is 0.256 e. The van der Waals surface area contributed by atoms with E-state index >= 15 is 0 Å². The average Bonchev–Trinajstić information content (AvgIpc) is 2.77. The number of aromatic nitrogens is 1. The standard InChI is InChI=1S/C11H10N4O2S/c12-8-5-6(1-3-14-8)10(17)15-11-7(9(13)16)2-4-18-11/h1-5H,(H2,12,14)(H2,13,16)(H,15,17). The molecule has 0 aliphatic carbocycles. The normalized spacial score (nSPS) is 10.0. The first kappa shape index (κ1) is 12.1. The highest BCUT2D eigenvalue weighted by atomic mass is 32.1. The average molecular weight is 262 g/mol. The molecule has 5 N–H and O–H groups in total. The second kappa shape index (κ2) is 4.84. The van der Waals surface area contributed by atoms with Gasteiger partial charge in [-0.1, -0.05) is 0 Å². The molecule has 2 heterocycles. The van der Waals surface area contributed by atoms with Crippen LogP contribution >= 0.6 is 11.3 Å². The van der Waals surface area contributed by atoms with Gasteiger partial charge in [-0.15, -0.1) is 11.3 Å². The molecule has 18 heavy (non-hydrogen) atoms. The van der Waals surface area contributed by atoms with Crippen molar-refractivity contribution in [3.05, 3.63) is 40.9 Å². The molecule has 6 nitrogen and oxygen atoms in total. The number of amides is 2. The van der Waals surface area contributed by atoms with Gasteiger partial charge in [0.05, 0.1) is 5.56 Å². The first-order valence-electron chi connectivity index (χ1n) is 4.98. The first-order valence-corrected chi connectivity index (χ1v) is 5.86. The van der Waals surface area contributed by atoms with E-state index in [0.29, 0.717) is 10.6 Å². The largest absolute Gasteiger partial charge is 0.384 e. The molecule has 2 aromatic rings. The van der Waals surface area contributed by atoms with E-state index in [1.807, 2.05) is 0 Å². The fourth-order valence-electron chi connectivity index (χ4n) is 1.36. The van der Waals surface area contributed by atoms with Gasteiger partial charge in [0.1, 0.15) is 10.8 Å². The van der Waals surface area contributed by atoms with Gasteiger partial charge in [0.15, 0.2) is 0 Å². The molecular formula is C11H10N4O2S. The Kier molecular flexibility index (Phi) is 3.24. The molecule has 0 saturated carbocycles. The van der Waals surface area contributed by atoms with Crippen molar-refractivity contribution in [2.45, 2.75) is 0 Å². The van der Waals surface area contributed by atoms with Crippen molar-refractivity contribution in [1.29, 1.82) is 0 Å². The summed E-state index contributed by atoms with van der Waals surface area (Å²) in [5, 5.41) is 4.71. The maximum atomic E-state index is 11.9. The fourth-order valence-corrected chi connectivity index (χ4v) is 2.15. The molecule has 0 fully saturated rings. The molecule has 92 valence electrons. The van der Waals surface area contributed by atoms with Crippen LogP contribution < -0.4 is 16.8 Å². The zero-order valence-electron chi connectivity index (χ0n) is 9.21. The molecule has 2 rings (SSSR count). The summed E-state index contributed by atoms with van der Waals surface area (Å²) in [5.74, 6) is -0.696. The molecule has 0 saturated heterocycles. The SMILES string of the molecule is NC(=O)c1ccsc1NC(=O)c1ccnc(N)c1. The van der Waals surface area contributed by atoms with E-state index in [1.54, 1.807) is 11.4 Å². The number of rotatable bonds is 3. The molecular weight excluding hydrogens is 252 g/mol. The number of hydrogen-bond donors (Lipinski definition) is 3. The van der Waals surface area contributed by atoms with E-state index in [2.05, 4.69) is 10.3 Å². The number of hydrogen-bond acceptors (Lipinski definition) is 5. The van der Waals surface area contributed by atoms with Crippen LogP contribution in [0.15, 0.2) is 29.8 Å². The van der Waals surface area contributed by atoms with Crippen LogP contribution in [0.5, 0.6) is 0 Å². The van der Waals surface area contributed by atoms with E-state index in [4.69, 9.17) is 11.5 Å². The Labute approximate surface area is 107 Å². The summed E-state index contributed by atoms with van der Waals surface area (Å²) >= 11 is 1.23. The molecule has 0 aromatic carbocycles. The van der Waals surface area contributed by atoms with Gasteiger partial charge in [0.25, 0.3) is 11.8 Å². The quantitative estimate of drug-likeness (QED) is 0.768. The second-order valence-electron chi connectivity index (χ2n) is 3.45. The van der Waals surface area contributed by atoms with Crippen molar-refractivity contribution >= 4 is 34.0 Å². The van der Waals surface area contributed by atoms with Crippen molar-refractivity contribution in [3.8, 4) is 0 Å². The second-order valence-corrected chi connectivity index (χ2v) is 4.37. The maximum Gasteiger partial charge on any atom is 0.256 e.